The normalized spacial score (nSPS) is 11.2. The highest BCUT2D eigenvalue weighted by Crippen LogP contribution is 2.31. The van der Waals surface area contributed by atoms with Crippen molar-refractivity contribution in [2.24, 2.45) is 0 Å². The number of nitrogens with one attached hydrogen (secondary N) is 1. The molecule has 1 amide bonds. The lowest BCUT2D eigenvalue weighted by atomic mass is 10.0. The first-order chi connectivity index (χ1) is 15.0. The predicted molar refractivity (Wildman–Crippen MR) is 125 cm³/mol. The maximum Gasteiger partial charge on any atom is 0.344 e. The third kappa shape index (κ3) is 3.71. The van der Waals surface area contributed by atoms with Crippen molar-refractivity contribution in [3.63, 3.8) is 0 Å². The molecule has 0 unspecified atom stereocenters. The van der Waals surface area contributed by atoms with Crippen LogP contribution in [0.2, 0.25) is 5.02 Å². The van der Waals surface area contributed by atoms with Gasteiger partial charge in [-0.05, 0) is 54.4 Å². The van der Waals surface area contributed by atoms with Crippen LogP contribution in [-0.2, 0) is 0 Å². The number of amides is 1. The van der Waals surface area contributed by atoms with Crippen molar-refractivity contribution in [3.05, 3.63) is 93.3 Å². The van der Waals surface area contributed by atoms with E-state index < -0.39 is 5.63 Å². The van der Waals surface area contributed by atoms with Crippen molar-refractivity contribution in [1.29, 1.82) is 0 Å². The fraction of sp³-hybridized carbons (Fsp3) is 0.0417. The van der Waals surface area contributed by atoms with Gasteiger partial charge in [-0.3, -0.25) is 10.1 Å². The van der Waals surface area contributed by atoms with Gasteiger partial charge in [-0.2, -0.15) is 0 Å². The molecule has 1 N–H and O–H groups in total. The van der Waals surface area contributed by atoms with Gasteiger partial charge in [0.2, 0.25) is 0 Å². The molecule has 0 spiro atoms. The highest BCUT2D eigenvalue weighted by Gasteiger charge is 2.14. The summed E-state index contributed by atoms with van der Waals surface area (Å²) in [5.41, 5.74) is 3.19. The third-order valence-corrected chi connectivity index (χ3v) is 6.31. The molecule has 3 aromatic carbocycles. The molecule has 0 aliphatic heterocycles. The number of anilines is 1. The molecule has 7 heteroatoms. The Morgan fingerprint density at radius 1 is 1.06 bits per heavy atom. The first-order valence-electron chi connectivity index (χ1n) is 9.49. The molecule has 2 heterocycles. The number of carbonyl (C=O) groups excluding carboxylic acids is 1. The summed E-state index contributed by atoms with van der Waals surface area (Å²) in [6.07, 6.45) is 0. The van der Waals surface area contributed by atoms with Gasteiger partial charge < -0.3 is 4.42 Å². The largest absolute Gasteiger partial charge is 0.422 e. The van der Waals surface area contributed by atoms with Crippen molar-refractivity contribution in [3.8, 4) is 11.1 Å². The fourth-order valence-electron chi connectivity index (χ4n) is 3.36. The van der Waals surface area contributed by atoms with Crippen molar-refractivity contribution < 1.29 is 9.21 Å². The Labute approximate surface area is 185 Å². The lowest BCUT2D eigenvalue weighted by Crippen LogP contribution is -2.12. The van der Waals surface area contributed by atoms with E-state index in [0.717, 1.165) is 21.2 Å². The number of carbonyl (C=O) groups is 1. The monoisotopic (exact) mass is 446 g/mol. The summed E-state index contributed by atoms with van der Waals surface area (Å²) in [6, 6.07) is 19.7. The van der Waals surface area contributed by atoms with E-state index in [1.807, 2.05) is 31.2 Å². The smallest absolute Gasteiger partial charge is 0.344 e. The first-order valence-corrected chi connectivity index (χ1v) is 10.7. The summed E-state index contributed by atoms with van der Waals surface area (Å²) in [6.45, 7) is 1.93. The Hall–Kier alpha value is -3.48. The molecule has 0 saturated carbocycles. The Kier molecular flexibility index (Phi) is 4.81. The Morgan fingerprint density at radius 2 is 1.90 bits per heavy atom. The van der Waals surface area contributed by atoms with Crippen molar-refractivity contribution >= 4 is 55.2 Å². The fourth-order valence-corrected chi connectivity index (χ4v) is 4.46. The van der Waals surface area contributed by atoms with Gasteiger partial charge in [-0.25, -0.2) is 9.78 Å². The van der Waals surface area contributed by atoms with E-state index in [9.17, 15) is 9.59 Å². The Bertz CT molecular complexity index is 1500. The number of aryl methyl sites for hydroxylation is 1. The predicted octanol–water partition coefficient (Wildman–Crippen LogP) is 6.28. The molecule has 0 radical (unpaired) electrons. The van der Waals surface area contributed by atoms with E-state index in [4.69, 9.17) is 16.0 Å². The second-order valence-electron chi connectivity index (χ2n) is 7.11. The zero-order valence-corrected chi connectivity index (χ0v) is 17.9. The molecule has 5 nitrogen and oxygen atoms in total. The van der Waals surface area contributed by atoms with Crippen molar-refractivity contribution in [1.82, 2.24) is 4.98 Å². The topological polar surface area (TPSA) is 72.2 Å². The number of halogens is 1. The highest BCUT2D eigenvalue weighted by molar-refractivity contribution is 7.22. The molecule has 0 aliphatic carbocycles. The SMILES string of the molecule is Cc1cc2sc(NC(=O)c3cccc(-c4cc5ccccc5oc4=O)c3)nc2cc1Cl. The molecule has 5 aromatic rings. The summed E-state index contributed by atoms with van der Waals surface area (Å²) in [5, 5.41) is 4.77. The third-order valence-electron chi connectivity index (χ3n) is 4.97. The molecule has 0 fully saturated rings. The Balaban J connectivity index is 1.47. The number of aromatic nitrogens is 1. The van der Waals surface area contributed by atoms with Crippen LogP contribution in [0.3, 0.4) is 0 Å². The van der Waals surface area contributed by atoms with Crippen molar-refractivity contribution in [2.45, 2.75) is 6.92 Å². The molecule has 0 bridgehead atoms. The lowest BCUT2D eigenvalue weighted by molar-refractivity contribution is 0.102. The minimum Gasteiger partial charge on any atom is -0.422 e. The van der Waals surface area contributed by atoms with Gasteiger partial charge in [0, 0.05) is 16.0 Å². The van der Waals surface area contributed by atoms with E-state index in [2.05, 4.69) is 10.3 Å². The minimum atomic E-state index is -0.449. The molecular formula is C24H15ClN2O3S. The van der Waals surface area contributed by atoms with E-state index >= 15 is 0 Å². The quantitative estimate of drug-likeness (QED) is 0.331. The number of thiazole rings is 1. The van der Waals surface area contributed by atoms with Crippen LogP contribution in [0.15, 0.2) is 75.9 Å². The maximum absolute atomic E-state index is 12.8. The van der Waals surface area contributed by atoms with Crippen LogP contribution in [-0.4, -0.2) is 10.9 Å². The molecule has 0 atom stereocenters. The molecule has 5 rings (SSSR count). The second kappa shape index (κ2) is 7.65. The van der Waals surface area contributed by atoms with E-state index in [0.29, 0.717) is 32.4 Å². The van der Waals surface area contributed by atoms with E-state index in [-0.39, 0.29) is 5.91 Å². The zero-order valence-electron chi connectivity index (χ0n) is 16.3. The van der Waals surface area contributed by atoms with Crippen molar-refractivity contribution in [2.75, 3.05) is 5.32 Å². The highest BCUT2D eigenvalue weighted by atomic mass is 35.5. The van der Waals surface area contributed by atoms with Crippen LogP contribution in [0.25, 0.3) is 32.3 Å². The zero-order chi connectivity index (χ0) is 21.5. The van der Waals surface area contributed by atoms with Gasteiger partial charge in [0.15, 0.2) is 5.13 Å². The molecule has 31 heavy (non-hydrogen) atoms. The molecule has 0 aliphatic rings. The molecular weight excluding hydrogens is 432 g/mol. The first kappa shape index (κ1) is 19.5. The summed E-state index contributed by atoms with van der Waals surface area (Å²) in [5.74, 6) is -0.311. The number of rotatable bonds is 3. The minimum absolute atomic E-state index is 0.311. The van der Waals surface area contributed by atoms with Gasteiger partial charge in [0.1, 0.15) is 5.58 Å². The van der Waals surface area contributed by atoms with Gasteiger partial charge >= 0.3 is 5.63 Å². The number of hydrogen-bond acceptors (Lipinski definition) is 5. The number of benzene rings is 3. The standard InChI is InChI=1S/C24H15ClN2O3S/c1-13-9-21-19(12-18(13)25)26-24(31-21)27-22(28)16-7-4-6-14(10-16)17-11-15-5-2-3-8-20(15)30-23(17)29/h2-12H,1H3,(H,26,27,28). The van der Waals surface area contributed by atoms with Gasteiger partial charge in [-0.15, -0.1) is 0 Å². The maximum atomic E-state index is 12.8. The number of nitrogens with zero attached hydrogens (tertiary/aromatic N) is 1. The van der Waals surface area contributed by atoms with Crippen LogP contribution in [0.5, 0.6) is 0 Å². The second-order valence-corrected chi connectivity index (χ2v) is 8.55. The van der Waals surface area contributed by atoms with Gasteiger partial charge in [0.05, 0.1) is 15.8 Å². The van der Waals surface area contributed by atoms with E-state index in [1.165, 1.54) is 11.3 Å². The van der Waals surface area contributed by atoms with Gasteiger partial charge in [-0.1, -0.05) is 53.3 Å². The molecule has 152 valence electrons. The number of para-hydroxylation sites is 1. The molecule has 0 saturated heterocycles. The Morgan fingerprint density at radius 3 is 2.77 bits per heavy atom. The summed E-state index contributed by atoms with van der Waals surface area (Å²) >= 11 is 7.55. The van der Waals surface area contributed by atoms with Crippen LogP contribution >= 0.6 is 22.9 Å². The average Bonchev–Trinajstić information content (AvgIpc) is 3.14. The average molecular weight is 447 g/mol. The number of fused-ring (bicyclic) bond motifs is 2. The summed E-state index contributed by atoms with van der Waals surface area (Å²) in [7, 11) is 0. The van der Waals surface area contributed by atoms with Crippen LogP contribution in [0, 0.1) is 6.92 Å². The lowest BCUT2D eigenvalue weighted by Gasteiger charge is -2.06. The van der Waals surface area contributed by atoms with Gasteiger partial charge in [0.25, 0.3) is 5.91 Å². The van der Waals surface area contributed by atoms with Crippen LogP contribution in [0.4, 0.5) is 5.13 Å². The number of hydrogen-bond donors (Lipinski definition) is 1. The van der Waals surface area contributed by atoms with E-state index in [1.54, 1.807) is 42.5 Å². The van der Waals surface area contributed by atoms with Crippen LogP contribution < -0.4 is 10.9 Å². The summed E-state index contributed by atoms with van der Waals surface area (Å²) < 4.78 is 6.37. The molecule has 2 aromatic heterocycles. The summed E-state index contributed by atoms with van der Waals surface area (Å²) in [4.78, 5) is 29.8. The van der Waals surface area contributed by atoms with Crippen LogP contribution in [0.1, 0.15) is 15.9 Å².